The summed E-state index contributed by atoms with van der Waals surface area (Å²) >= 11 is 0. The molecule has 22 heavy (non-hydrogen) atoms. The van der Waals surface area contributed by atoms with Crippen LogP contribution >= 0.6 is 0 Å². The summed E-state index contributed by atoms with van der Waals surface area (Å²) in [7, 11) is 0. The molecule has 1 N–H and O–H groups in total. The van der Waals surface area contributed by atoms with Gasteiger partial charge >= 0.3 is 0 Å². The minimum Gasteiger partial charge on any atom is -0.360 e. The number of aromatic nitrogens is 2. The molecule has 1 aromatic heterocycles. The van der Waals surface area contributed by atoms with Crippen molar-refractivity contribution in [1.29, 1.82) is 0 Å². The molecule has 5 heteroatoms. The van der Waals surface area contributed by atoms with Gasteiger partial charge in [0.05, 0.1) is 31.7 Å². The zero-order chi connectivity index (χ0) is 15.2. The lowest BCUT2D eigenvalue weighted by molar-refractivity contribution is -0.893. The van der Waals surface area contributed by atoms with Crippen molar-refractivity contribution in [1.82, 2.24) is 9.97 Å². The zero-order valence-corrected chi connectivity index (χ0v) is 12.3. The number of hydrogen-bond acceptors (Lipinski definition) is 3. The van der Waals surface area contributed by atoms with Gasteiger partial charge in [0, 0.05) is 18.1 Å². The van der Waals surface area contributed by atoms with Crippen molar-refractivity contribution in [3.8, 4) is 11.8 Å². The van der Waals surface area contributed by atoms with Crippen LogP contribution in [0.15, 0.2) is 43.0 Å². The minimum absolute atomic E-state index is 0.187. The normalized spacial score (nSPS) is 15.2. The lowest BCUT2D eigenvalue weighted by Crippen LogP contribution is -3.14. The zero-order valence-electron chi connectivity index (χ0n) is 12.3. The molecule has 1 aliphatic rings. The van der Waals surface area contributed by atoms with Crippen LogP contribution in [0.25, 0.3) is 0 Å². The summed E-state index contributed by atoms with van der Waals surface area (Å²) in [5.41, 5.74) is 1.94. The third-order valence-corrected chi connectivity index (χ3v) is 3.79. The lowest BCUT2D eigenvalue weighted by atomic mass is 10.2. The highest BCUT2D eigenvalue weighted by atomic mass is 19.1. The minimum atomic E-state index is -0.187. The van der Waals surface area contributed by atoms with E-state index in [0.717, 1.165) is 44.0 Å². The van der Waals surface area contributed by atoms with E-state index in [9.17, 15) is 4.39 Å². The maximum atomic E-state index is 12.9. The summed E-state index contributed by atoms with van der Waals surface area (Å²) in [6.45, 7) is 4.84. The quantitative estimate of drug-likeness (QED) is 0.813. The summed E-state index contributed by atoms with van der Waals surface area (Å²) in [5.74, 6) is 6.10. The van der Waals surface area contributed by atoms with Crippen LogP contribution in [0.5, 0.6) is 0 Å². The van der Waals surface area contributed by atoms with Crippen molar-refractivity contribution in [2.45, 2.75) is 0 Å². The van der Waals surface area contributed by atoms with Crippen LogP contribution < -0.4 is 9.80 Å². The second-order valence-electron chi connectivity index (χ2n) is 5.32. The van der Waals surface area contributed by atoms with Gasteiger partial charge in [0.2, 0.25) is 0 Å². The standard InChI is InChI=1S/C17H17FN4/c18-16-3-5-17(6-4-16)22-10-8-21(9-11-22)7-1-2-15-12-19-14-20-13-15/h3-6,12-14H,7-11H2/p+1. The molecule has 0 amide bonds. The molecule has 2 heterocycles. The van der Waals surface area contributed by atoms with Crippen LogP contribution in [-0.2, 0) is 0 Å². The average molecular weight is 297 g/mol. The van der Waals surface area contributed by atoms with Crippen molar-refractivity contribution in [2.75, 3.05) is 37.6 Å². The summed E-state index contributed by atoms with van der Waals surface area (Å²) in [4.78, 5) is 11.7. The third kappa shape index (κ3) is 3.80. The van der Waals surface area contributed by atoms with Crippen molar-refractivity contribution in [2.24, 2.45) is 0 Å². The van der Waals surface area contributed by atoms with Crippen molar-refractivity contribution in [3.63, 3.8) is 0 Å². The maximum absolute atomic E-state index is 12.9. The Balaban J connectivity index is 1.50. The predicted molar refractivity (Wildman–Crippen MR) is 83.1 cm³/mol. The Hall–Kier alpha value is -2.45. The molecule has 2 aromatic rings. The lowest BCUT2D eigenvalue weighted by Gasteiger charge is -2.32. The Bertz CT molecular complexity index is 653. The van der Waals surface area contributed by atoms with Crippen molar-refractivity contribution < 1.29 is 9.29 Å². The SMILES string of the molecule is Fc1ccc(N2CC[NH+](CC#Cc3cncnc3)CC2)cc1. The molecule has 1 aromatic carbocycles. The fraction of sp³-hybridized carbons (Fsp3) is 0.294. The van der Waals surface area contributed by atoms with Gasteiger partial charge in [-0.25, -0.2) is 14.4 Å². The highest BCUT2D eigenvalue weighted by molar-refractivity contribution is 5.46. The van der Waals surface area contributed by atoms with Gasteiger partial charge in [-0.1, -0.05) is 5.92 Å². The van der Waals surface area contributed by atoms with Gasteiger partial charge in [-0.2, -0.15) is 0 Å². The van der Waals surface area contributed by atoms with Crippen molar-refractivity contribution in [3.05, 3.63) is 54.4 Å². The first-order chi connectivity index (χ1) is 10.8. The third-order valence-electron chi connectivity index (χ3n) is 3.79. The van der Waals surface area contributed by atoms with E-state index in [-0.39, 0.29) is 5.82 Å². The number of hydrogen-bond donors (Lipinski definition) is 1. The number of anilines is 1. The number of nitrogens with zero attached hydrogens (tertiary/aromatic N) is 3. The average Bonchev–Trinajstić information content (AvgIpc) is 2.57. The van der Waals surface area contributed by atoms with E-state index in [0.29, 0.717) is 0 Å². The van der Waals surface area contributed by atoms with Crippen molar-refractivity contribution >= 4 is 5.69 Å². The second kappa shape index (κ2) is 7.01. The van der Waals surface area contributed by atoms with Gasteiger partial charge < -0.3 is 9.80 Å². The van der Waals surface area contributed by atoms with E-state index in [1.165, 1.54) is 23.4 Å². The number of quaternary nitrogens is 1. The van der Waals surface area contributed by atoms with E-state index < -0.39 is 0 Å². The molecule has 3 rings (SSSR count). The number of nitrogens with one attached hydrogen (secondary N) is 1. The number of halogens is 1. The molecular formula is C17H18FN4+. The fourth-order valence-corrected chi connectivity index (χ4v) is 2.54. The summed E-state index contributed by atoms with van der Waals surface area (Å²) < 4.78 is 12.9. The number of benzene rings is 1. The number of rotatable bonds is 2. The fourth-order valence-electron chi connectivity index (χ4n) is 2.54. The Morgan fingerprint density at radius 3 is 2.45 bits per heavy atom. The van der Waals surface area contributed by atoms with Gasteiger partial charge in [-0.3, -0.25) is 0 Å². The molecule has 0 bridgehead atoms. The Morgan fingerprint density at radius 1 is 1.09 bits per heavy atom. The molecule has 4 nitrogen and oxygen atoms in total. The van der Waals surface area contributed by atoms with Gasteiger partial charge in [-0.05, 0) is 30.2 Å². The molecule has 1 saturated heterocycles. The van der Waals surface area contributed by atoms with E-state index in [1.54, 1.807) is 12.4 Å². The first-order valence-corrected chi connectivity index (χ1v) is 7.39. The highest BCUT2D eigenvalue weighted by Crippen LogP contribution is 2.14. The second-order valence-corrected chi connectivity index (χ2v) is 5.32. The Kier molecular flexibility index (Phi) is 4.62. The van der Waals surface area contributed by atoms with Crippen LogP contribution in [0.4, 0.5) is 10.1 Å². The van der Waals surface area contributed by atoms with Gasteiger partial charge in [-0.15, -0.1) is 0 Å². The van der Waals surface area contributed by atoms with Crippen LogP contribution in [0.2, 0.25) is 0 Å². The first kappa shape index (κ1) is 14.5. The smallest absolute Gasteiger partial charge is 0.139 e. The Morgan fingerprint density at radius 2 is 1.77 bits per heavy atom. The molecule has 0 aliphatic carbocycles. The molecule has 0 unspecified atom stereocenters. The maximum Gasteiger partial charge on any atom is 0.139 e. The molecule has 0 spiro atoms. The van der Waals surface area contributed by atoms with Gasteiger partial charge in [0.1, 0.15) is 18.7 Å². The summed E-state index contributed by atoms with van der Waals surface area (Å²) in [6.07, 6.45) is 4.95. The number of piperazine rings is 1. The van der Waals surface area contributed by atoms with Crippen LogP contribution in [0, 0.1) is 17.7 Å². The summed E-state index contributed by atoms with van der Waals surface area (Å²) in [6, 6.07) is 6.72. The first-order valence-electron chi connectivity index (χ1n) is 7.39. The highest BCUT2D eigenvalue weighted by Gasteiger charge is 2.19. The molecule has 0 saturated carbocycles. The van der Waals surface area contributed by atoms with E-state index in [2.05, 4.69) is 26.7 Å². The monoisotopic (exact) mass is 297 g/mol. The molecule has 0 atom stereocenters. The van der Waals surface area contributed by atoms with E-state index >= 15 is 0 Å². The topological polar surface area (TPSA) is 33.5 Å². The Labute approximate surface area is 129 Å². The molecule has 112 valence electrons. The van der Waals surface area contributed by atoms with Crippen LogP contribution in [0.1, 0.15) is 5.56 Å². The van der Waals surface area contributed by atoms with Gasteiger partial charge in [0.15, 0.2) is 0 Å². The summed E-state index contributed by atoms with van der Waals surface area (Å²) in [5, 5.41) is 0. The van der Waals surface area contributed by atoms with Gasteiger partial charge in [0.25, 0.3) is 0 Å². The molecule has 0 radical (unpaired) electrons. The van der Waals surface area contributed by atoms with E-state index in [1.807, 2.05) is 12.1 Å². The largest absolute Gasteiger partial charge is 0.360 e. The molecule has 1 aliphatic heterocycles. The predicted octanol–water partition coefficient (Wildman–Crippen LogP) is 0.372. The molecular weight excluding hydrogens is 279 g/mol. The van der Waals surface area contributed by atoms with E-state index in [4.69, 9.17) is 0 Å². The molecule has 1 fully saturated rings. The van der Waals surface area contributed by atoms with Crippen LogP contribution in [-0.4, -0.2) is 42.7 Å². The van der Waals surface area contributed by atoms with Crippen LogP contribution in [0.3, 0.4) is 0 Å².